The van der Waals surface area contributed by atoms with Crippen molar-refractivity contribution in [1.29, 1.82) is 0 Å². The van der Waals surface area contributed by atoms with Gasteiger partial charge in [0.2, 0.25) is 10.0 Å². The molecule has 1 aliphatic rings. The molecule has 0 aromatic heterocycles. The summed E-state index contributed by atoms with van der Waals surface area (Å²) in [5.74, 6) is 0. The van der Waals surface area contributed by atoms with Gasteiger partial charge in [0, 0.05) is 36.1 Å². The van der Waals surface area contributed by atoms with Crippen molar-refractivity contribution in [3.63, 3.8) is 0 Å². The number of para-hydroxylation sites is 1. The first-order valence-corrected chi connectivity index (χ1v) is 11.6. The molecule has 26 heavy (non-hydrogen) atoms. The molecule has 2 aromatic carbocycles. The Kier molecular flexibility index (Phi) is 6.09. The Labute approximate surface area is 169 Å². The Hall–Kier alpha value is -0.920. The van der Waals surface area contributed by atoms with Crippen LogP contribution in [0.15, 0.2) is 46.2 Å². The highest BCUT2D eigenvalue weighted by atomic mass is 35.5. The van der Waals surface area contributed by atoms with E-state index in [2.05, 4.69) is 17.0 Å². The Bertz CT molecular complexity index is 911. The van der Waals surface area contributed by atoms with Crippen molar-refractivity contribution in [3.8, 4) is 0 Å². The lowest BCUT2D eigenvalue weighted by molar-refractivity contribution is 0.384. The molecule has 1 saturated heterocycles. The van der Waals surface area contributed by atoms with E-state index in [4.69, 9.17) is 23.2 Å². The highest BCUT2D eigenvalue weighted by Gasteiger charge is 2.31. The van der Waals surface area contributed by atoms with E-state index in [1.54, 1.807) is 24.8 Å². The number of halogens is 2. The predicted octanol–water partition coefficient (Wildman–Crippen LogP) is 4.53. The summed E-state index contributed by atoms with van der Waals surface area (Å²) in [6.45, 7) is 3.89. The van der Waals surface area contributed by atoms with E-state index in [9.17, 15) is 8.42 Å². The minimum Gasteiger partial charge on any atom is -0.368 e. The molecule has 8 heteroatoms. The predicted molar refractivity (Wildman–Crippen MR) is 110 cm³/mol. The fourth-order valence-corrected chi connectivity index (χ4v) is 5.88. The van der Waals surface area contributed by atoms with Crippen molar-refractivity contribution in [2.75, 3.05) is 37.3 Å². The minimum absolute atomic E-state index is 0.124. The summed E-state index contributed by atoms with van der Waals surface area (Å²) in [6.07, 6.45) is 2.05. The van der Waals surface area contributed by atoms with Gasteiger partial charge in [0.05, 0.1) is 10.7 Å². The second-order valence-corrected chi connectivity index (χ2v) is 9.66. The van der Waals surface area contributed by atoms with E-state index in [1.807, 2.05) is 18.4 Å². The Balaban J connectivity index is 1.80. The van der Waals surface area contributed by atoms with Crippen LogP contribution in [-0.4, -0.2) is 45.2 Å². The van der Waals surface area contributed by atoms with Gasteiger partial charge in [0.25, 0.3) is 0 Å². The molecule has 1 fully saturated rings. The highest BCUT2D eigenvalue weighted by Crippen LogP contribution is 2.32. The van der Waals surface area contributed by atoms with Crippen molar-refractivity contribution in [1.82, 2.24) is 4.31 Å². The summed E-state index contributed by atoms with van der Waals surface area (Å²) in [7, 11) is -3.64. The topological polar surface area (TPSA) is 40.6 Å². The summed E-state index contributed by atoms with van der Waals surface area (Å²) in [4.78, 5) is 3.55. The zero-order valence-corrected chi connectivity index (χ0v) is 17.7. The highest BCUT2D eigenvalue weighted by molar-refractivity contribution is 7.98. The number of hydrogen-bond acceptors (Lipinski definition) is 4. The molecule has 0 saturated carbocycles. The molecule has 1 aliphatic heterocycles. The largest absolute Gasteiger partial charge is 0.368 e. The van der Waals surface area contributed by atoms with Crippen LogP contribution in [0.3, 0.4) is 0 Å². The second kappa shape index (κ2) is 7.98. The minimum atomic E-state index is -3.64. The molecular weight excluding hydrogens is 411 g/mol. The van der Waals surface area contributed by atoms with Crippen LogP contribution in [0.1, 0.15) is 5.56 Å². The molecule has 0 bridgehead atoms. The third-order valence-electron chi connectivity index (χ3n) is 4.50. The first kappa shape index (κ1) is 19.8. The SMILES string of the molecule is CSc1ccccc1N1CCN(S(=O)(=O)c2cc(C)c(Cl)cc2Cl)CC1. The van der Waals surface area contributed by atoms with Gasteiger partial charge in [-0.15, -0.1) is 11.8 Å². The van der Waals surface area contributed by atoms with Crippen LogP contribution in [0.25, 0.3) is 0 Å². The van der Waals surface area contributed by atoms with Gasteiger partial charge in [-0.3, -0.25) is 0 Å². The average molecular weight is 431 g/mol. The van der Waals surface area contributed by atoms with E-state index >= 15 is 0 Å². The van der Waals surface area contributed by atoms with Crippen molar-refractivity contribution in [2.24, 2.45) is 0 Å². The molecule has 0 unspecified atom stereocenters. The van der Waals surface area contributed by atoms with E-state index in [1.165, 1.54) is 15.3 Å². The summed E-state index contributed by atoms with van der Waals surface area (Å²) in [5.41, 5.74) is 1.85. The van der Waals surface area contributed by atoms with Crippen LogP contribution in [0.4, 0.5) is 5.69 Å². The monoisotopic (exact) mass is 430 g/mol. The van der Waals surface area contributed by atoms with Gasteiger partial charge in [-0.1, -0.05) is 35.3 Å². The standard InChI is InChI=1S/C18H20Cl2N2O2S2/c1-13-11-18(15(20)12-14(13)19)26(23,24)22-9-7-21(8-10-22)16-5-3-4-6-17(16)25-2/h3-6,11-12H,7-10H2,1-2H3. The number of rotatable bonds is 4. The van der Waals surface area contributed by atoms with E-state index < -0.39 is 10.0 Å². The van der Waals surface area contributed by atoms with Gasteiger partial charge in [0.15, 0.2) is 0 Å². The van der Waals surface area contributed by atoms with Crippen molar-refractivity contribution < 1.29 is 8.42 Å². The van der Waals surface area contributed by atoms with Gasteiger partial charge in [-0.05, 0) is 43.0 Å². The van der Waals surface area contributed by atoms with E-state index in [0.29, 0.717) is 36.8 Å². The number of aryl methyl sites for hydroxylation is 1. The molecule has 140 valence electrons. The summed E-state index contributed by atoms with van der Waals surface area (Å²) in [6, 6.07) is 11.2. The normalized spacial score (nSPS) is 16.1. The molecule has 0 amide bonds. The number of sulfonamides is 1. The van der Waals surface area contributed by atoms with Crippen LogP contribution in [0.2, 0.25) is 10.0 Å². The Morgan fingerprint density at radius 3 is 2.31 bits per heavy atom. The summed E-state index contributed by atoms with van der Waals surface area (Å²) < 4.78 is 27.5. The van der Waals surface area contributed by atoms with Gasteiger partial charge < -0.3 is 4.90 Å². The fraction of sp³-hybridized carbons (Fsp3) is 0.333. The van der Waals surface area contributed by atoms with E-state index in [-0.39, 0.29) is 9.92 Å². The number of hydrogen-bond donors (Lipinski definition) is 0. The van der Waals surface area contributed by atoms with E-state index in [0.717, 1.165) is 5.69 Å². The van der Waals surface area contributed by atoms with Gasteiger partial charge in [0.1, 0.15) is 4.90 Å². The van der Waals surface area contributed by atoms with Crippen LogP contribution >= 0.6 is 35.0 Å². The quantitative estimate of drug-likeness (QED) is 0.667. The molecule has 0 aliphatic carbocycles. The van der Waals surface area contributed by atoms with Gasteiger partial charge in [-0.2, -0.15) is 4.31 Å². The maximum atomic E-state index is 13.0. The molecule has 0 radical (unpaired) electrons. The fourth-order valence-electron chi connectivity index (χ4n) is 3.03. The molecule has 0 spiro atoms. The lowest BCUT2D eigenvalue weighted by atomic mass is 10.2. The molecule has 4 nitrogen and oxygen atoms in total. The number of thioether (sulfide) groups is 1. The summed E-state index contributed by atoms with van der Waals surface area (Å²) >= 11 is 13.9. The van der Waals surface area contributed by atoms with Crippen molar-refractivity contribution in [2.45, 2.75) is 16.7 Å². The first-order chi connectivity index (χ1) is 12.3. The van der Waals surface area contributed by atoms with Crippen LogP contribution in [0, 0.1) is 6.92 Å². The third-order valence-corrected chi connectivity index (χ3v) is 8.05. The third kappa shape index (κ3) is 3.85. The first-order valence-electron chi connectivity index (χ1n) is 8.18. The maximum absolute atomic E-state index is 13.0. The second-order valence-electron chi connectivity index (χ2n) is 6.09. The lowest BCUT2D eigenvalue weighted by Crippen LogP contribution is -2.48. The van der Waals surface area contributed by atoms with Crippen LogP contribution in [0.5, 0.6) is 0 Å². The number of nitrogens with zero attached hydrogens (tertiary/aromatic N) is 2. The maximum Gasteiger partial charge on any atom is 0.244 e. The Morgan fingerprint density at radius 2 is 1.65 bits per heavy atom. The number of anilines is 1. The van der Waals surface area contributed by atoms with Crippen molar-refractivity contribution >= 4 is 50.7 Å². The zero-order chi connectivity index (χ0) is 18.9. The molecule has 1 heterocycles. The lowest BCUT2D eigenvalue weighted by Gasteiger charge is -2.36. The van der Waals surface area contributed by atoms with Crippen LogP contribution in [-0.2, 0) is 10.0 Å². The zero-order valence-electron chi connectivity index (χ0n) is 14.6. The van der Waals surface area contributed by atoms with Gasteiger partial charge >= 0.3 is 0 Å². The Morgan fingerprint density at radius 1 is 1.00 bits per heavy atom. The van der Waals surface area contributed by atoms with Crippen LogP contribution < -0.4 is 4.90 Å². The molecule has 0 N–H and O–H groups in total. The molecule has 2 aromatic rings. The summed E-state index contributed by atoms with van der Waals surface area (Å²) in [5, 5.41) is 0.628. The smallest absolute Gasteiger partial charge is 0.244 e. The van der Waals surface area contributed by atoms with Crippen molar-refractivity contribution in [3.05, 3.63) is 52.0 Å². The molecule has 3 rings (SSSR count). The number of benzene rings is 2. The molecule has 0 atom stereocenters. The average Bonchev–Trinajstić information content (AvgIpc) is 2.64. The molecular formula is C18H20Cl2N2O2S2. The van der Waals surface area contributed by atoms with Gasteiger partial charge in [-0.25, -0.2) is 8.42 Å². The number of piperazine rings is 1.